The highest BCUT2D eigenvalue weighted by Gasteiger charge is 2.29. The van der Waals surface area contributed by atoms with E-state index >= 15 is 0 Å². The minimum absolute atomic E-state index is 0.101. The van der Waals surface area contributed by atoms with Gasteiger partial charge in [0, 0.05) is 11.8 Å². The monoisotopic (exact) mass is 294 g/mol. The van der Waals surface area contributed by atoms with E-state index in [4.69, 9.17) is 10.3 Å². The number of piperidine rings is 1. The van der Waals surface area contributed by atoms with Gasteiger partial charge < -0.3 is 10.3 Å². The molecule has 0 aliphatic carbocycles. The molecule has 0 unspecified atom stereocenters. The average Bonchev–Trinajstić information content (AvgIpc) is 2.87. The zero-order valence-electron chi connectivity index (χ0n) is 13.4. The van der Waals surface area contributed by atoms with Crippen molar-refractivity contribution in [2.45, 2.75) is 58.4 Å². The van der Waals surface area contributed by atoms with E-state index in [9.17, 15) is 4.79 Å². The number of rotatable bonds is 4. The van der Waals surface area contributed by atoms with Crippen LogP contribution in [0.3, 0.4) is 0 Å². The summed E-state index contributed by atoms with van der Waals surface area (Å²) >= 11 is 0. The van der Waals surface area contributed by atoms with Crippen LogP contribution in [0, 0.1) is 5.92 Å². The third-order valence-corrected chi connectivity index (χ3v) is 4.16. The number of aromatic nitrogens is 2. The number of nitrogens with zero attached hydrogens (tertiary/aromatic N) is 3. The van der Waals surface area contributed by atoms with Gasteiger partial charge in [-0.1, -0.05) is 25.9 Å². The second-order valence-corrected chi connectivity index (χ2v) is 7.03. The van der Waals surface area contributed by atoms with Crippen LogP contribution >= 0.6 is 0 Å². The molecule has 1 atom stereocenters. The van der Waals surface area contributed by atoms with Gasteiger partial charge in [0.25, 0.3) is 0 Å². The van der Waals surface area contributed by atoms with Crippen LogP contribution in [0.2, 0.25) is 0 Å². The maximum atomic E-state index is 11.0. The Labute approximate surface area is 126 Å². The fraction of sp³-hybridized carbons (Fsp3) is 0.800. The van der Waals surface area contributed by atoms with Crippen LogP contribution in [-0.4, -0.2) is 34.0 Å². The molecule has 1 fully saturated rings. The van der Waals surface area contributed by atoms with Crippen molar-refractivity contribution in [3.05, 3.63) is 11.7 Å². The first-order valence-corrected chi connectivity index (χ1v) is 7.64. The van der Waals surface area contributed by atoms with Crippen molar-refractivity contribution in [2.75, 3.05) is 13.1 Å². The number of hydrogen-bond donors (Lipinski definition) is 1. The lowest BCUT2D eigenvalue weighted by atomic mass is 9.92. The highest BCUT2D eigenvalue weighted by Crippen LogP contribution is 2.28. The van der Waals surface area contributed by atoms with E-state index in [1.165, 1.54) is 0 Å². The van der Waals surface area contributed by atoms with E-state index in [2.05, 4.69) is 42.7 Å². The fourth-order valence-corrected chi connectivity index (χ4v) is 2.69. The predicted molar refractivity (Wildman–Crippen MR) is 79.5 cm³/mol. The molecule has 1 aromatic rings. The van der Waals surface area contributed by atoms with Gasteiger partial charge in [-0.15, -0.1) is 0 Å². The number of carbonyl (C=O) groups is 1. The zero-order valence-corrected chi connectivity index (χ0v) is 13.4. The standard InChI is InChI=1S/C15H26N4O2/c1-10(13-17-14(18-21-13)15(2,3)4)19-7-5-11(6-8-19)9-12(16)20/h10-11H,5-9H2,1-4H3,(H2,16,20)/t10-/m1/s1. The number of carbonyl (C=O) groups excluding carboxylic acids is 1. The highest BCUT2D eigenvalue weighted by atomic mass is 16.5. The molecule has 1 saturated heterocycles. The van der Waals surface area contributed by atoms with E-state index in [0.717, 1.165) is 31.8 Å². The van der Waals surface area contributed by atoms with Gasteiger partial charge in [0.2, 0.25) is 11.8 Å². The molecule has 0 spiro atoms. The largest absolute Gasteiger partial charge is 0.370 e. The molecule has 2 heterocycles. The number of likely N-dealkylation sites (tertiary alicyclic amines) is 1. The molecular weight excluding hydrogens is 268 g/mol. The van der Waals surface area contributed by atoms with Gasteiger partial charge in [-0.2, -0.15) is 4.98 Å². The van der Waals surface area contributed by atoms with Crippen LogP contribution < -0.4 is 5.73 Å². The average molecular weight is 294 g/mol. The summed E-state index contributed by atoms with van der Waals surface area (Å²) in [5.74, 6) is 1.63. The number of primary amides is 1. The molecule has 0 aromatic carbocycles. The van der Waals surface area contributed by atoms with Crippen molar-refractivity contribution in [3.8, 4) is 0 Å². The first-order valence-electron chi connectivity index (χ1n) is 7.64. The van der Waals surface area contributed by atoms with Gasteiger partial charge in [0.05, 0.1) is 6.04 Å². The Morgan fingerprint density at radius 3 is 2.52 bits per heavy atom. The molecule has 1 aromatic heterocycles. The second-order valence-electron chi connectivity index (χ2n) is 7.03. The molecule has 0 bridgehead atoms. The molecule has 2 rings (SSSR count). The van der Waals surface area contributed by atoms with Crippen LogP contribution in [-0.2, 0) is 10.2 Å². The summed E-state index contributed by atoms with van der Waals surface area (Å²) in [6.45, 7) is 10.2. The molecule has 0 radical (unpaired) electrons. The van der Waals surface area contributed by atoms with Gasteiger partial charge in [0.15, 0.2) is 5.82 Å². The molecule has 6 nitrogen and oxygen atoms in total. The van der Waals surface area contributed by atoms with E-state index in [1.807, 2.05) is 0 Å². The van der Waals surface area contributed by atoms with Crippen molar-refractivity contribution < 1.29 is 9.32 Å². The quantitative estimate of drug-likeness (QED) is 0.918. The Hall–Kier alpha value is -1.43. The molecule has 1 aliphatic rings. The summed E-state index contributed by atoms with van der Waals surface area (Å²) in [6, 6.07) is 0.114. The fourth-order valence-electron chi connectivity index (χ4n) is 2.69. The van der Waals surface area contributed by atoms with Crippen LogP contribution in [0.4, 0.5) is 0 Å². The first-order chi connectivity index (χ1) is 9.77. The summed E-state index contributed by atoms with van der Waals surface area (Å²) < 4.78 is 5.42. The number of hydrogen-bond acceptors (Lipinski definition) is 5. The molecule has 118 valence electrons. The molecule has 21 heavy (non-hydrogen) atoms. The molecule has 0 saturated carbocycles. The molecular formula is C15H26N4O2. The minimum atomic E-state index is -0.201. The van der Waals surface area contributed by atoms with Crippen molar-refractivity contribution in [1.29, 1.82) is 0 Å². The number of nitrogens with two attached hydrogens (primary N) is 1. The maximum absolute atomic E-state index is 11.0. The summed E-state index contributed by atoms with van der Waals surface area (Å²) in [4.78, 5) is 17.8. The Morgan fingerprint density at radius 2 is 2.05 bits per heavy atom. The summed E-state index contributed by atoms with van der Waals surface area (Å²) in [5, 5.41) is 4.08. The summed E-state index contributed by atoms with van der Waals surface area (Å²) in [7, 11) is 0. The van der Waals surface area contributed by atoms with Gasteiger partial charge in [-0.25, -0.2) is 0 Å². The Balaban J connectivity index is 1.94. The van der Waals surface area contributed by atoms with E-state index in [-0.39, 0.29) is 17.4 Å². The summed E-state index contributed by atoms with van der Waals surface area (Å²) in [5.41, 5.74) is 5.17. The number of amides is 1. The van der Waals surface area contributed by atoms with Gasteiger partial charge in [-0.3, -0.25) is 9.69 Å². The van der Waals surface area contributed by atoms with Crippen molar-refractivity contribution in [2.24, 2.45) is 11.7 Å². The van der Waals surface area contributed by atoms with E-state index in [0.29, 0.717) is 18.2 Å². The van der Waals surface area contributed by atoms with Crippen molar-refractivity contribution in [3.63, 3.8) is 0 Å². The van der Waals surface area contributed by atoms with Crippen LogP contribution in [0.1, 0.15) is 64.7 Å². The lowest BCUT2D eigenvalue weighted by Gasteiger charge is -2.34. The van der Waals surface area contributed by atoms with Gasteiger partial charge >= 0.3 is 0 Å². The van der Waals surface area contributed by atoms with Crippen LogP contribution in [0.5, 0.6) is 0 Å². The van der Waals surface area contributed by atoms with Crippen LogP contribution in [0.15, 0.2) is 4.52 Å². The normalized spacial score (nSPS) is 19.6. The maximum Gasteiger partial charge on any atom is 0.243 e. The topological polar surface area (TPSA) is 85.2 Å². The van der Waals surface area contributed by atoms with E-state index in [1.54, 1.807) is 0 Å². The third kappa shape index (κ3) is 4.03. The Kier molecular flexibility index (Phi) is 4.66. The second kappa shape index (κ2) is 6.13. The lowest BCUT2D eigenvalue weighted by Crippen LogP contribution is -2.37. The first kappa shape index (κ1) is 15.9. The Morgan fingerprint density at radius 1 is 1.43 bits per heavy atom. The highest BCUT2D eigenvalue weighted by molar-refractivity contribution is 5.73. The van der Waals surface area contributed by atoms with E-state index < -0.39 is 0 Å². The smallest absolute Gasteiger partial charge is 0.243 e. The van der Waals surface area contributed by atoms with Gasteiger partial charge in [0.1, 0.15) is 0 Å². The SMILES string of the molecule is C[C@H](c1nc(C(C)(C)C)no1)N1CCC(CC(N)=O)CC1. The molecule has 1 aliphatic heterocycles. The van der Waals surface area contributed by atoms with Crippen molar-refractivity contribution >= 4 is 5.91 Å². The van der Waals surface area contributed by atoms with Crippen LogP contribution in [0.25, 0.3) is 0 Å². The summed E-state index contributed by atoms with van der Waals surface area (Å²) in [6.07, 6.45) is 2.48. The predicted octanol–water partition coefficient (Wildman–Crippen LogP) is 2.02. The molecule has 6 heteroatoms. The Bertz CT molecular complexity index is 484. The third-order valence-electron chi connectivity index (χ3n) is 4.16. The zero-order chi connectivity index (χ0) is 15.6. The molecule has 1 amide bonds. The lowest BCUT2D eigenvalue weighted by molar-refractivity contribution is -0.119. The molecule has 2 N–H and O–H groups in total. The minimum Gasteiger partial charge on any atom is -0.370 e. The van der Waals surface area contributed by atoms with Crippen molar-refractivity contribution in [1.82, 2.24) is 15.0 Å². The van der Waals surface area contributed by atoms with Gasteiger partial charge in [-0.05, 0) is 38.8 Å².